The lowest BCUT2D eigenvalue weighted by atomic mass is 10.1. The van der Waals surface area contributed by atoms with Crippen LogP contribution in [0.3, 0.4) is 0 Å². The summed E-state index contributed by atoms with van der Waals surface area (Å²) in [5, 5.41) is 0.785. The maximum atomic E-state index is 5.76. The lowest BCUT2D eigenvalue weighted by Crippen LogP contribution is -3.00. The monoisotopic (exact) mass is 191 g/mol. The molecule has 62 valence electrons. The Balaban J connectivity index is 0.000001000. The molecule has 0 saturated carbocycles. The average Bonchev–Trinajstić information content (AvgIpc) is 1.88. The van der Waals surface area contributed by atoms with Crippen molar-refractivity contribution in [2.45, 2.75) is 13.0 Å². The molecule has 0 fully saturated rings. The molecular formula is C8H11Cl2N. The molecule has 0 amide bonds. The SMILES string of the molecule is C[C@H]([NH3+])c1cccc(Cl)c1.[Cl-]. The second-order valence-corrected chi connectivity index (χ2v) is 2.89. The fourth-order valence-corrected chi connectivity index (χ4v) is 1.01. The first-order valence-corrected chi connectivity index (χ1v) is 3.66. The number of halogens is 2. The van der Waals surface area contributed by atoms with Gasteiger partial charge < -0.3 is 18.1 Å². The molecule has 1 aromatic carbocycles. The normalized spacial score (nSPS) is 11.9. The van der Waals surface area contributed by atoms with Crippen LogP contribution in [0, 0.1) is 0 Å². The molecule has 3 N–H and O–H groups in total. The van der Waals surface area contributed by atoms with Gasteiger partial charge in [-0.25, -0.2) is 0 Å². The van der Waals surface area contributed by atoms with Crippen LogP contribution in [0.4, 0.5) is 0 Å². The second kappa shape index (κ2) is 4.60. The Bertz CT molecular complexity index is 223. The number of hydrogen-bond donors (Lipinski definition) is 1. The summed E-state index contributed by atoms with van der Waals surface area (Å²) in [6.45, 7) is 2.05. The Hall–Kier alpha value is -0.240. The highest BCUT2D eigenvalue weighted by Gasteiger charge is 2.00. The van der Waals surface area contributed by atoms with Crippen LogP contribution in [0.5, 0.6) is 0 Å². The molecule has 0 radical (unpaired) electrons. The Kier molecular flexibility index (Phi) is 4.50. The molecule has 1 rings (SSSR count). The molecule has 1 nitrogen and oxygen atoms in total. The van der Waals surface area contributed by atoms with Crippen LogP contribution in [-0.4, -0.2) is 0 Å². The average molecular weight is 192 g/mol. The van der Waals surface area contributed by atoms with E-state index in [1.54, 1.807) is 0 Å². The van der Waals surface area contributed by atoms with Crippen molar-refractivity contribution in [1.29, 1.82) is 0 Å². The molecule has 0 aliphatic heterocycles. The van der Waals surface area contributed by atoms with E-state index in [4.69, 9.17) is 11.6 Å². The Morgan fingerprint density at radius 3 is 2.45 bits per heavy atom. The van der Waals surface area contributed by atoms with E-state index < -0.39 is 0 Å². The van der Waals surface area contributed by atoms with Crippen LogP contribution in [0.2, 0.25) is 5.02 Å². The molecule has 0 heterocycles. The van der Waals surface area contributed by atoms with E-state index in [1.807, 2.05) is 31.2 Å². The molecule has 0 bridgehead atoms. The molecule has 0 aliphatic carbocycles. The van der Waals surface area contributed by atoms with Crippen molar-refractivity contribution in [2.75, 3.05) is 0 Å². The summed E-state index contributed by atoms with van der Waals surface area (Å²) >= 11 is 5.76. The van der Waals surface area contributed by atoms with Gasteiger partial charge in [-0.1, -0.05) is 23.7 Å². The van der Waals surface area contributed by atoms with Gasteiger partial charge in [0.05, 0.1) is 0 Å². The van der Waals surface area contributed by atoms with E-state index in [0.717, 1.165) is 5.02 Å². The topological polar surface area (TPSA) is 27.6 Å². The molecule has 3 heteroatoms. The fourth-order valence-electron chi connectivity index (χ4n) is 0.813. The van der Waals surface area contributed by atoms with Crippen LogP contribution in [-0.2, 0) is 0 Å². The minimum atomic E-state index is 0. The van der Waals surface area contributed by atoms with E-state index in [9.17, 15) is 0 Å². The maximum absolute atomic E-state index is 5.76. The molecule has 0 unspecified atom stereocenters. The third-order valence-corrected chi connectivity index (χ3v) is 1.65. The lowest BCUT2D eigenvalue weighted by molar-refractivity contribution is -0.420. The van der Waals surface area contributed by atoms with Gasteiger partial charge in [-0.2, -0.15) is 0 Å². The van der Waals surface area contributed by atoms with Crippen molar-refractivity contribution in [3.63, 3.8) is 0 Å². The zero-order chi connectivity index (χ0) is 7.56. The van der Waals surface area contributed by atoms with Crippen molar-refractivity contribution >= 4 is 11.6 Å². The van der Waals surface area contributed by atoms with Crippen LogP contribution in [0.25, 0.3) is 0 Å². The van der Waals surface area contributed by atoms with Crippen molar-refractivity contribution in [2.24, 2.45) is 0 Å². The van der Waals surface area contributed by atoms with Crippen molar-refractivity contribution in [1.82, 2.24) is 0 Å². The van der Waals surface area contributed by atoms with Crippen LogP contribution in [0.15, 0.2) is 24.3 Å². The van der Waals surface area contributed by atoms with Crippen molar-refractivity contribution in [3.8, 4) is 0 Å². The summed E-state index contributed by atoms with van der Waals surface area (Å²) in [5.41, 5.74) is 5.08. The third kappa shape index (κ3) is 3.10. The second-order valence-electron chi connectivity index (χ2n) is 2.46. The minimum Gasteiger partial charge on any atom is -1.00 e. The molecule has 0 aliphatic rings. The fraction of sp³-hybridized carbons (Fsp3) is 0.250. The van der Waals surface area contributed by atoms with Gasteiger partial charge in [0.25, 0.3) is 0 Å². The first-order valence-electron chi connectivity index (χ1n) is 3.28. The molecule has 0 aromatic heterocycles. The van der Waals surface area contributed by atoms with E-state index in [1.165, 1.54) is 5.56 Å². The van der Waals surface area contributed by atoms with E-state index in [-0.39, 0.29) is 12.4 Å². The summed E-state index contributed by atoms with van der Waals surface area (Å²) in [6.07, 6.45) is 0. The van der Waals surface area contributed by atoms with E-state index in [2.05, 4.69) is 5.73 Å². The van der Waals surface area contributed by atoms with Gasteiger partial charge in [0.15, 0.2) is 0 Å². The van der Waals surface area contributed by atoms with E-state index in [0.29, 0.717) is 6.04 Å². The molecule has 1 atom stereocenters. The summed E-state index contributed by atoms with van der Waals surface area (Å²) in [7, 11) is 0. The molecule has 0 saturated heterocycles. The highest BCUT2D eigenvalue weighted by atomic mass is 35.5. The predicted octanol–water partition coefficient (Wildman–Crippen LogP) is -1.35. The highest BCUT2D eigenvalue weighted by Crippen LogP contribution is 2.13. The van der Waals surface area contributed by atoms with Gasteiger partial charge in [0, 0.05) is 10.6 Å². The van der Waals surface area contributed by atoms with Gasteiger partial charge >= 0.3 is 0 Å². The number of rotatable bonds is 1. The standard InChI is InChI=1S/C8H10ClN.ClH/c1-6(10)7-3-2-4-8(9)5-7;/h2-6H,10H2,1H3;1H/t6-;/m0./s1. The quantitative estimate of drug-likeness (QED) is 0.569. The first-order chi connectivity index (χ1) is 4.70. The zero-order valence-corrected chi connectivity index (χ0v) is 7.86. The first kappa shape index (κ1) is 10.8. The third-order valence-electron chi connectivity index (χ3n) is 1.42. The van der Waals surface area contributed by atoms with E-state index >= 15 is 0 Å². The predicted molar refractivity (Wildman–Crippen MR) is 42.8 cm³/mol. The summed E-state index contributed by atoms with van der Waals surface area (Å²) < 4.78 is 0. The Labute approximate surface area is 78.0 Å². The van der Waals surface area contributed by atoms with Gasteiger partial charge in [-0.05, 0) is 19.1 Å². The van der Waals surface area contributed by atoms with Crippen LogP contribution < -0.4 is 18.1 Å². The molecule has 0 spiro atoms. The summed E-state index contributed by atoms with van der Waals surface area (Å²) in [6, 6.07) is 8.11. The Morgan fingerprint density at radius 2 is 2.09 bits per heavy atom. The summed E-state index contributed by atoms with van der Waals surface area (Å²) in [4.78, 5) is 0. The highest BCUT2D eigenvalue weighted by molar-refractivity contribution is 6.30. The van der Waals surface area contributed by atoms with Gasteiger partial charge in [-0.15, -0.1) is 0 Å². The largest absolute Gasteiger partial charge is 1.00 e. The lowest BCUT2D eigenvalue weighted by Gasteiger charge is -2.00. The van der Waals surface area contributed by atoms with Crippen LogP contribution in [0.1, 0.15) is 18.5 Å². The van der Waals surface area contributed by atoms with Gasteiger partial charge in [-0.3, -0.25) is 0 Å². The molecule has 1 aromatic rings. The van der Waals surface area contributed by atoms with Gasteiger partial charge in [0.2, 0.25) is 0 Å². The summed E-state index contributed by atoms with van der Waals surface area (Å²) in [5.74, 6) is 0. The van der Waals surface area contributed by atoms with Crippen LogP contribution >= 0.6 is 11.6 Å². The molecular weight excluding hydrogens is 181 g/mol. The maximum Gasteiger partial charge on any atom is 0.107 e. The molecule has 11 heavy (non-hydrogen) atoms. The Morgan fingerprint density at radius 1 is 1.45 bits per heavy atom. The van der Waals surface area contributed by atoms with Gasteiger partial charge in [0.1, 0.15) is 6.04 Å². The number of benzene rings is 1. The van der Waals surface area contributed by atoms with Crippen molar-refractivity contribution < 1.29 is 18.1 Å². The van der Waals surface area contributed by atoms with Crippen molar-refractivity contribution in [3.05, 3.63) is 34.9 Å². The number of quaternary nitrogens is 1. The number of hydrogen-bond acceptors (Lipinski definition) is 0. The zero-order valence-electron chi connectivity index (χ0n) is 6.35. The smallest absolute Gasteiger partial charge is 0.107 e. The minimum absolute atomic E-state index is 0.